The summed E-state index contributed by atoms with van der Waals surface area (Å²) in [4.78, 5) is 0. The van der Waals surface area contributed by atoms with Crippen LogP contribution in [0.1, 0.15) is 20.3 Å². The van der Waals surface area contributed by atoms with Crippen LogP contribution >= 0.6 is 0 Å². The molecule has 0 amide bonds. The van der Waals surface area contributed by atoms with Crippen LogP contribution in [0.3, 0.4) is 0 Å². The molecule has 1 atom stereocenters. The van der Waals surface area contributed by atoms with Crippen molar-refractivity contribution in [1.29, 1.82) is 0 Å². The first-order valence-corrected chi connectivity index (χ1v) is 8.71. The van der Waals surface area contributed by atoms with E-state index in [4.69, 9.17) is 0 Å². The Labute approximate surface area is 83.6 Å². The number of nitrogens with one attached hydrogen (secondary N) is 1. The maximum Gasteiger partial charge on any atom is 0.0720 e. The first-order valence-electron chi connectivity index (χ1n) is 5.42. The van der Waals surface area contributed by atoms with Crippen molar-refractivity contribution < 1.29 is 0 Å². The van der Waals surface area contributed by atoms with E-state index in [0.29, 0.717) is 0 Å². The lowest BCUT2D eigenvalue weighted by molar-refractivity contribution is 0.505. The average Bonchev–Trinajstić information content (AvgIpc) is 1.98. The minimum Gasteiger partial charge on any atom is -0.313 e. The Morgan fingerprint density at radius 2 is 2.23 bits per heavy atom. The van der Waals surface area contributed by atoms with E-state index in [1.165, 1.54) is 19.0 Å². The average molecular weight is 197 g/mol. The minimum atomic E-state index is -1.02. The molecule has 0 saturated heterocycles. The van der Waals surface area contributed by atoms with Crippen molar-refractivity contribution in [2.45, 2.75) is 39.4 Å². The second kappa shape index (κ2) is 4.42. The van der Waals surface area contributed by atoms with E-state index < -0.39 is 8.07 Å². The number of rotatable bonds is 1. The van der Waals surface area contributed by atoms with Crippen LogP contribution in [0.2, 0.25) is 19.1 Å². The van der Waals surface area contributed by atoms with E-state index in [1.807, 2.05) is 0 Å². The summed E-state index contributed by atoms with van der Waals surface area (Å²) in [6.45, 7) is 11.9. The van der Waals surface area contributed by atoms with Gasteiger partial charge < -0.3 is 5.32 Å². The lowest BCUT2D eigenvalue weighted by Crippen LogP contribution is -2.35. The predicted octanol–water partition coefficient (Wildman–Crippen LogP) is 2.81. The van der Waals surface area contributed by atoms with Gasteiger partial charge in [0.05, 0.1) is 8.07 Å². The van der Waals surface area contributed by atoms with Crippen LogP contribution in [0.25, 0.3) is 0 Å². The molecular weight excluding hydrogens is 174 g/mol. The van der Waals surface area contributed by atoms with E-state index in [0.717, 1.165) is 12.5 Å². The van der Waals surface area contributed by atoms with Crippen LogP contribution in [0.4, 0.5) is 0 Å². The Kier molecular flexibility index (Phi) is 3.74. The molecule has 0 radical (unpaired) electrons. The van der Waals surface area contributed by atoms with Gasteiger partial charge in [-0.3, -0.25) is 0 Å². The zero-order valence-corrected chi connectivity index (χ0v) is 10.5. The summed E-state index contributed by atoms with van der Waals surface area (Å²) >= 11 is 0. The van der Waals surface area contributed by atoms with Crippen molar-refractivity contribution >= 4 is 8.07 Å². The second-order valence-corrected chi connectivity index (χ2v) is 9.76. The molecule has 1 aliphatic rings. The van der Waals surface area contributed by atoms with Crippen LogP contribution in [0.15, 0.2) is 11.3 Å². The highest BCUT2D eigenvalue weighted by molar-refractivity contribution is 6.82. The van der Waals surface area contributed by atoms with Gasteiger partial charge >= 0.3 is 0 Å². The Balaban J connectivity index is 2.70. The summed E-state index contributed by atoms with van der Waals surface area (Å²) in [5.74, 6) is 0.908. The molecule has 1 N–H and O–H groups in total. The van der Waals surface area contributed by atoms with Crippen molar-refractivity contribution in [3.63, 3.8) is 0 Å². The number of hydrogen-bond donors (Lipinski definition) is 1. The summed E-state index contributed by atoms with van der Waals surface area (Å²) in [5.41, 5.74) is 4.12. The third-order valence-electron chi connectivity index (χ3n) is 2.87. The van der Waals surface area contributed by atoms with Gasteiger partial charge in [0.25, 0.3) is 0 Å². The SMILES string of the molecule is CCC1CNC/C(C)=C\[Si](C)(C)C1. The highest BCUT2D eigenvalue weighted by Crippen LogP contribution is 2.23. The quantitative estimate of drug-likeness (QED) is 0.637. The summed E-state index contributed by atoms with van der Waals surface area (Å²) < 4.78 is 0. The third kappa shape index (κ3) is 3.65. The highest BCUT2D eigenvalue weighted by atomic mass is 28.3. The fraction of sp³-hybridized carbons (Fsp3) is 0.818. The molecule has 0 saturated carbocycles. The molecule has 0 aromatic heterocycles. The van der Waals surface area contributed by atoms with Crippen molar-refractivity contribution in [2.24, 2.45) is 5.92 Å². The standard InChI is InChI=1S/C11H23NSi/c1-5-11-7-12-6-10(2)8-13(3,4)9-11/h8,11-12H,5-7,9H2,1-4H3/b10-8-. The molecule has 1 nitrogen and oxygen atoms in total. The number of hydrogen-bond acceptors (Lipinski definition) is 1. The van der Waals surface area contributed by atoms with Crippen LogP contribution in [-0.2, 0) is 0 Å². The molecule has 2 heteroatoms. The lowest BCUT2D eigenvalue weighted by Gasteiger charge is -2.28. The molecule has 0 fully saturated rings. The van der Waals surface area contributed by atoms with Crippen LogP contribution in [0.5, 0.6) is 0 Å². The van der Waals surface area contributed by atoms with Crippen molar-refractivity contribution in [3.05, 3.63) is 11.3 Å². The molecular formula is C11H23NSi. The molecule has 76 valence electrons. The summed E-state index contributed by atoms with van der Waals surface area (Å²) in [5, 5.41) is 3.53. The molecule has 1 aliphatic heterocycles. The van der Waals surface area contributed by atoms with E-state index in [9.17, 15) is 0 Å². The van der Waals surface area contributed by atoms with Crippen LogP contribution in [-0.4, -0.2) is 21.2 Å². The van der Waals surface area contributed by atoms with Crippen molar-refractivity contribution in [3.8, 4) is 0 Å². The fourth-order valence-electron chi connectivity index (χ4n) is 2.36. The molecule has 0 spiro atoms. The fourth-order valence-corrected chi connectivity index (χ4v) is 5.83. The molecule has 0 aliphatic carbocycles. The van der Waals surface area contributed by atoms with Gasteiger partial charge in [-0.2, -0.15) is 0 Å². The van der Waals surface area contributed by atoms with Gasteiger partial charge in [0.1, 0.15) is 0 Å². The largest absolute Gasteiger partial charge is 0.313 e. The summed E-state index contributed by atoms with van der Waals surface area (Å²) in [6, 6.07) is 1.45. The normalized spacial score (nSPS) is 32.9. The molecule has 0 bridgehead atoms. The zero-order chi connectivity index (χ0) is 9.90. The maximum atomic E-state index is 3.53. The zero-order valence-electron chi connectivity index (χ0n) is 9.48. The Morgan fingerprint density at radius 1 is 1.54 bits per heavy atom. The van der Waals surface area contributed by atoms with Crippen molar-refractivity contribution in [2.75, 3.05) is 13.1 Å². The summed E-state index contributed by atoms with van der Waals surface area (Å²) in [7, 11) is -1.02. The molecule has 0 aromatic carbocycles. The highest BCUT2D eigenvalue weighted by Gasteiger charge is 2.23. The first kappa shape index (κ1) is 11.0. The van der Waals surface area contributed by atoms with Gasteiger partial charge in [-0.15, -0.1) is 0 Å². The van der Waals surface area contributed by atoms with Gasteiger partial charge in [-0.1, -0.05) is 43.8 Å². The Morgan fingerprint density at radius 3 is 2.85 bits per heavy atom. The molecule has 0 aromatic rings. The first-order chi connectivity index (χ1) is 6.03. The monoisotopic (exact) mass is 197 g/mol. The van der Waals surface area contributed by atoms with Gasteiger partial charge in [0, 0.05) is 6.54 Å². The van der Waals surface area contributed by atoms with Gasteiger partial charge in [0.15, 0.2) is 0 Å². The lowest BCUT2D eigenvalue weighted by atomic mass is 10.1. The van der Waals surface area contributed by atoms with Gasteiger partial charge in [0.2, 0.25) is 0 Å². The summed E-state index contributed by atoms with van der Waals surface area (Å²) in [6.07, 6.45) is 1.33. The molecule has 13 heavy (non-hydrogen) atoms. The van der Waals surface area contributed by atoms with E-state index in [-0.39, 0.29) is 0 Å². The predicted molar refractivity (Wildman–Crippen MR) is 62.7 cm³/mol. The van der Waals surface area contributed by atoms with Crippen LogP contribution < -0.4 is 5.32 Å². The van der Waals surface area contributed by atoms with Gasteiger partial charge in [-0.05, 0) is 19.4 Å². The third-order valence-corrected chi connectivity index (χ3v) is 5.77. The van der Waals surface area contributed by atoms with E-state index in [1.54, 1.807) is 5.57 Å². The molecule has 1 rings (SSSR count). The van der Waals surface area contributed by atoms with Crippen LogP contribution in [0, 0.1) is 5.92 Å². The van der Waals surface area contributed by atoms with E-state index >= 15 is 0 Å². The molecule has 1 unspecified atom stereocenters. The molecule has 1 heterocycles. The second-order valence-electron chi connectivity index (χ2n) is 5.09. The Bertz CT molecular complexity index is 196. The Hall–Kier alpha value is -0.0831. The minimum absolute atomic E-state index is 0.908. The van der Waals surface area contributed by atoms with Crippen molar-refractivity contribution in [1.82, 2.24) is 5.32 Å². The smallest absolute Gasteiger partial charge is 0.0720 e. The van der Waals surface area contributed by atoms with E-state index in [2.05, 4.69) is 38.0 Å². The van der Waals surface area contributed by atoms with Gasteiger partial charge in [-0.25, -0.2) is 0 Å². The topological polar surface area (TPSA) is 12.0 Å². The maximum absolute atomic E-state index is 3.53.